The summed E-state index contributed by atoms with van der Waals surface area (Å²) in [7, 11) is 3.01. The molecule has 1 spiro atoms. The third kappa shape index (κ3) is 3.78. The van der Waals surface area contributed by atoms with Gasteiger partial charge >= 0.3 is 0 Å². The van der Waals surface area contributed by atoms with Crippen molar-refractivity contribution >= 4 is 40.8 Å². The molecular formula is C35H27ClN2O5. The van der Waals surface area contributed by atoms with Crippen LogP contribution < -0.4 is 14.8 Å². The minimum Gasteiger partial charge on any atom is -0.493 e. The van der Waals surface area contributed by atoms with Gasteiger partial charge in [0.05, 0.1) is 31.2 Å². The van der Waals surface area contributed by atoms with Crippen molar-refractivity contribution in [3.63, 3.8) is 0 Å². The smallest absolute Gasteiger partial charge is 0.238 e. The molecule has 7 rings (SSSR count). The maximum atomic E-state index is 15.0. The Morgan fingerprint density at radius 2 is 1.58 bits per heavy atom. The molecule has 0 radical (unpaired) electrons. The summed E-state index contributed by atoms with van der Waals surface area (Å²) in [6.45, 7) is 0. The minimum atomic E-state index is -1.44. The van der Waals surface area contributed by atoms with Crippen LogP contribution in [0, 0.1) is 5.92 Å². The number of methoxy groups -OCH3 is 2. The number of ether oxygens (including phenoxy) is 2. The summed E-state index contributed by atoms with van der Waals surface area (Å²) in [5.74, 6) is -1.33. The Bertz CT molecular complexity index is 1850. The Morgan fingerprint density at radius 3 is 2.37 bits per heavy atom. The molecule has 4 aromatic carbocycles. The number of carbonyl (C=O) groups is 3. The first-order valence-corrected chi connectivity index (χ1v) is 14.3. The number of carbonyl (C=O) groups excluding carboxylic acids is 3. The molecule has 1 amide bonds. The van der Waals surface area contributed by atoms with E-state index < -0.39 is 23.4 Å². The molecule has 1 saturated heterocycles. The van der Waals surface area contributed by atoms with Gasteiger partial charge in [-0.05, 0) is 59.2 Å². The van der Waals surface area contributed by atoms with Gasteiger partial charge in [0.25, 0.3) is 0 Å². The molecule has 3 aliphatic rings. The van der Waals surface area contributed by atoms with E-state index in [0.717, 1.165) is 11.1 Å². The number of anilines is 1. The molecule has 8 heteroatoms. The topological polar surface area (TPSA) is 84.9 Å². The zero-order chi connectivity index (χ0) is 29.9. The molecule has 214 valence electrons. The Kier molecular flexibility index (Phi) is 6.36. The van der Waals surface area contributed by atoms with Crippen molar-refractivity contribution in [3.8, 4) is 11.5 Å². The van der Waals surface area contributed by atoms with E-state index >= 15 is 4.79 Å². The van der Waals surface area contributed by atoms with Crippen LogP contribution in [0.15, 0.2) is 97.2 Å². The Hall–Kier alpha value is -4.88. The predicted molar refractivity (Wildman–Crippen MR) is 164 cm³/mol. The van der Waals surface area contributed by atoms with Crippen LogP contribution in [-0.4, -0.2) is 42.6 Å². The maximum Gasteiger partial charge on any atom is 0.238 e. The Morgan fingerprint density at radius 1 is 0.860 bits per heavy atom. The monoisotopic (exact) mass is 590 g/mol. The maximum absolute atomic E-state index is 15.0. The van der Waals surface area contributed by atoms with E-state index in [1.54, 1.807) is 42.5 Å². The zero-order valence-electron chi connectivity index (χ0n) is 23.4. The molecule has 0 bridgehead atoms. The largest absolute Gasteiger partial charge is 0.493 e. The number of ketones is 2. The van der Waals surface area contributed by atoms with Crippen LogP contribution in [0.25, 0.3) is 6.08 Å². The molecule has 43 heavy (non-hydrogen) atoms. The number of hydrogen-bond acceptors (Lipinski definition) is 6. The van der Waals surface area contributed by atoms with E-state index in [2.05, 4.69) is 5.32 Å². The third-order valence-corrected chi connectivity index (χ3v) is 9.26. The van der Waals surface area contributed by atoms with Crippen LogP contribution in [0.2, 0.25) is 5.02 Å². The highest BCUT2D eigenvalue weighted by atomic mass is 35.5. The lowest BCUT2D eigenvalue weighted by Gasteiger charge is -2.38. The molecule has 4 atom stereocenters. The van der Waals surface area contributed by atoms with Gasteiger partial charge in [0.1, 0.15) is 11.5 Å². The van der Waals surface area contributed by atoms with Gasteiger partial charge in [-0.15, -0.1) is 0 Å². The zero-order valence-corrected chi connectivity index (χ0v) is 24.2. The van der Waals surface area contributed by atoms with Crippen LogP contribution in [0.4, 0.5) is 5.69 Å². The number of fused-ring (bicyclic) bond motifs is 6. The van der Waals surface area contributed by atoms with E-state index in [1.807, 2.05) is 65.7 Å². The molecule has 0 unspecified atom stereocenters. The number of hydrogen-bond donors (Lipinski definition) is 1. The lowest BCUT2D eigenvalue weighted by atomic mass is 9.62. The van der Waals surface area contributed by atoms with Crippen molar-refractivity contribution < 1.29 is 23.9 Å². The van der Waals surface area contributed by atoms with E-state index in [9.17, 15) is 9.59 Å². The fourth-order valence-corrected chi connectivity index (χ4v) is 7.39. The highest BCUT2D eigenvalue weighted by Crippen LogP contribution is 2.62. The normalized spacial score (nSPS) is 22.9. The Labute approximate surface area is 253 Å². The van der Waals surface area contributed by atoms with Gasteiger partial charge in [-0.1, -0.05) is 66.2 Å². The van der Waals surface area contributed by atoms with Crippen LogP contribution in [0.3, 0.4) is 0 Å². The summed E-state index contributed by atoms with van der Waals surface area (Å²) >= 11 is 6.58. The van der Waals surface area contributed by atoms with E-state index in [-0.39, 0.29) is 28.1 Å². The first kappa shape index (κ1) is 27.0. The van der Waals surface area contributed by atoms with Crippen molar-refractivity contribution in [3.05, 3.63) is 130 Å². The molecule has 3 aliphatic heterocycles. The molecular weight excluding hydrogens is 564 g/mol. The summed E-state index contributed by atoms with van der Waals surface area (Å²) < 4.78 is 10.9. The van der Waals surface area contributed by atoms with Gasteiger partial charge in [0, 0.05) is 23.0 Å². The number of para-hydroxylation sites is 1. The SMILES string of the molecule is COc1ccc(C(=O)[C@@H]2[C@H](C(=O)c3ccccc3Cl)N3C=Cc4ccccc4[C@@H]3[C@]23C(=O)Nc2ccccc23)cc1OC. The molecule has 0 aliphatic carbocycles. The molecule has 7 nitrogen and oxygen atoms in total. The van der Waals surface area contributed by atoms with Gasteiger partial charge in [0.15, 0.2) is 23.1 Å². The summed E-state index contributed by atoms with van der Waals surface area (Å²) in [5, 5.41) is 3.34. The van der Waals surface area contributed by atoms with Gasteiger partial charge in [-0.25, -0.2) is 0 Å². The highest BCUT2D eigenvalue weighted by molar-refractivity contribution is 6.34. The van der Waals surface area contributed by atoms with Gasteiger partial charge in [-0.2, -0.15) is 0 Å². The number of benzene rings is 4. The van der Waals surface area contributed by atoms with Crippen LogP contribution >= 0.6 is 11.6 Å². The second-order valence-electron chi connectivity index (χ2n) is 10.9. The van der Waals surface area contributed by atoms with E-state index in [4.69, 9.17) is 21.1 Å². The summed E-state index contributed by atoms with van der Waals surface area (Å²) in [5.41, 5.74) is 2.22. The van der Waals surface area contributed by atoms with Crippen LogP contribution in [0.5, 0.6) is 11.5 Å². The number of amides is 1. The molecule has 0 aromatic heterocycles. The number of nitrogens with one attached hydrogen (secondary N) is 1. The molecule has 1 fully saturated rings. The second kappa shape index (κ2) is 10.1. The number of Topliss-reactive ketones (excluding diaryl/α,β-unsaturated/α-hetero) is 2. The fourth-order valence-electron chi connectivity index (χ4n) is 7.16. The molecule has 0 saturated carbocycles. The third-order valence-electron chi connectivity index (χ3n) is 8.93. The number of nitrogens with zero attached hydrogens (tertiary/aromatic N) is 1. The van der Waals surface area contributed by atoms with E-state index in [0.29, 0.717) is 28.3 Å². The van der Waals surface area contributed by atoms with Crippen LogP contribution in [-0.2, 0) is 10.2 Å². The lowest BCUT2D eigenvalue weighted by Crippen LogP contribution is -2.49. The molecule has 1 N–H and O–H groups in total. The first-order chi connectivity index (χ1) is 20.9. The van der Waals surface area contributed by atoms with Crippen molar-refractivity contribution in [2.75, 3.05) is 19.5 Å². The van der Waals surface area contributed by atoms with Crippen molar-refractivity contribution in [1.29, 1.82) is 0 Å². The van der Waals surface area contributed by atoms with Gasteiger partial charge < -0.3 is 19.7 Å². The number of rotatable bonds is 6. The number of halogens is 1. The standard InChI is InChI=1S/C35H27ClN2O5/c1-42-27-16-15-21(19-28(27)43-2)31(39)29-30(32(40)23-11-5-7-13-25(23)36)38-18-17-20-9-3-4-10-22(20)33(38)35(29)24-12-6-8-14-26(24)37-34(35)41/h3-19,29-30,33H,1-2H3,(H,37,41)/t29-,30+,33+,35+/m0/s1. The quantitative estimate of drug-likeness (QED) is 0.264. The lowest BCUT2D eigenvalue weighted by molar-refractivity contribution is -0.122. The van der Waals surface area contributed by atoms with Crippen molar-refractivity contribution in [1.82, 2.24) is 4.90 Å². The van der Waals surface area contributed by atoms with Gasteiger partial charge in [0.2, 0.25) is 5.91 Å². The summed E-state index contributed by atoms with van der Waals surface area (Å²) in [6, 6.07) is 25.2. The average Bonchev–Trinajstić information content (AvgIpc) is 3.52. The Balaban J connectivity index is 1.54. The fraction of sp³-hybridized carbons (Fsp3) is 0.171. The van der Waals surface area contributed by atoms with Crippen LogP contribution in [0.1, 0.15) is 43.4 Å². The second-order valence-corrected chi connectivity index (χ2v) is 11.3. The molecule has 3 heterocycles. The summed E-state index contributed by atoms with van der Waals surface area (Å²) in [4.78, 5) is 46.1. The van der Waals surface area contributed by atoms with Crippen molar-refractivity contribution in [2.45, 2.75) is 17.5 Å². The minimum absolute atomic E-state index is 0.278. The van der Waals surface area contributed by atoms with Crippen molar-refractivity contribution in [2.24, 2.45) is 5.92 Å². The van der Waals surface area contributed by atoms with E-state index in [1.165, 1.54) is 14.2 Å². The van der Waals surface area contributed by atoms with Gasteiger partial charge in [-0.3, -0.25) is 14.4 Å². The molecule has 4 aromatic rings. The highest BCUT2D eigenvalue weighted by Gasteiger charge is 2.70. The summed E-state index contributed by atoms with van der Waals surface area (Å²) in [6.07, 6.45) is 3.76. The predicted octanol–water partition coefficient (Wildman–Crippen LogP) is 6.34. The average molecular weight is 591 g/mol. The first-order valence-electron chi connectivity index (χ1n) is 13.9.